The Balaban J connectivity index is 1.44. The molecule has 2 heterocycles. The van der Waals surface area contributed by atoms with Gasteiger partial charge in [0.15, 0.2) is 0 Å². The van der Waals surface area contributed by atoms with Gasteiger partial charge < -0.3 is 10.4 Å². The summed E-state index contributed by atoms with van der Waals surface area (Å²) in [6.45, 7) is 3.24. The molecule has 6 heteroatoms. The number of nitrogens with one attached hydrogen (secondary N) is 1. The summed E-state index contributed by atoms with van der Waals surface area (Å²) < 4.78 is 0. The molecule has 1 fully saturated rings. The molecule has 0 radical (unpaired) electrons. The topological polar surface area (TPSA) is 52.6 Å². The number of hydrogen-bond acceptors (Lipinski definition) is 5. The van der Waals surface area contributed by atoms with E-state index in [1.165, 1.54) is 4.88 Å². The third kappa shape index (κ3) is 5.57. The number of aliphatic hydroxyl groups excluding tert-OH is 1. The highest BCUT2D eigenvalue weighted by Crippen LogP contribution is 2.19. The van der Waals surface area contributed by atoms with E-state index in [2.05, 4.69) is 27.7 Å². The van der Waals surface area contributed by atoms with E-state index in [0.29, 0.717) is 11.3 Å². The van der Waals surface area contributed by atoms with Gasteiger partial charge in [0.2, 0.25) is 0 Å². The van der Waals surface area contributed by atoms with Crippen molar-refractivity contribution in [2.45, 2.75) is 30.3 Å². The lowest BCUT2D eigenvalue weighted by Crippen LogP contribution is -2.44. The average Bonchev–Trinajstić information content (AvgIpc) is 3.15. The van der Waals surface area contributed by atoms with Crippen molar-refractivity contribution in [1.29, 1.82) is 0 Å². The van der Waals surface area contributed by atoms with E-state index in [9.17, 15) is 4.79 Å². The number of benzene rings is 1. The molecule has 0 aliphatic carbocycles. The minimum absolute atomic E-state index is 0.00964. The number of carbonyl (C=O) groups is 1. The van der Waals surface area contributed by atoms with Gasteiger partial charge in [0.25, 0.3) is 5.91 Å². The highest BCUT2D eigenvalue weighted by molar-refractivity contribution is 7.99. The lowest BCUT2D eigenvalue weighted by atomic mass is 10.0. The standard InChI is InChI=1S/C19H24N2O2S2/c22-11-13-25-17-5-3-15(4-6-17)19(23)20-16-7-9-21(10-8-16)14-18-2-1-12-24-18/h1-6,12,16,22H,7-11,13-14H2,(H,20,23). The minimum Gasteiger partial charge on any atom is -0.396 e. The number of piperidine rings is 1. The fraction of sp³-hybridized carbons (Fsp3) is 0.421. The molecule has 1 saturated heterocycles. The molecule has 3 rings (SSSR count). The van der Waals surface area contributed by atoms with Crippen LogP contribution in [0.4, 0.5) is 0 Å². The summed E-state index contributed by atoms with van der Waals surface area (Å²) >= 11 is 3.40. The summed E-state index contributed by atoms with van der Waals surface area (Å²) in [5.74, 6) is 0.686. The minimum atomic E-state index is 0.00964. The van der Waals surface area contributed by atoms with Crippen molar-refractivity contribution in [3.63, 3.8) is 0 Å². The maximum atomic E-state index is 12.4. The van der Waals surface area contributed by atoms with E-state index >= 15 is 0 Å². The van der Waals surface area contributed by atoms with Crippen LogP contribution in [-0.4, -0.2) is 47.4 Å². The van der Waals surface area contributed by atoms with Crippen LogP contribution >= 0.6 is 23.1 Å². The van der Waals surface area contributed by atoms with Crippen LogP contribution in [0.5, 0.6) is 0 Å². The van der Waals surface area contributed by atoms with Gasteiger partial charge in [-0.15, -0.1) is 23.1 Å². The predicted octanol–water partition coefficient (Wildman–Crippen LogP) is 3.23. The van der Waals surface area contributed by atoms with Gasteiger partial charge in [0.05, 0.1) is 6.61 Å². The Morgan fingerprint density at radius 3 is 2.64 bits per heavy atom. The van der Waals surface area contributed by atoms with Crippen LogP contribution in [0.25, 0.3) is 0 Å². The number of rotatable bonds is 7. The van der Waals surface area contributed by atoms with Crippen LogP contribution in [0.2, 0.25) is 0 Å². The first kappa shape index (κ1) is 18.5. The van der Waals surface area contributed by atoms with Crippen LogP contribution < -0.4 is 5.32 Å². The fourth-order valence-electron chi connectivity index (χ4n) is 2.99. The first-order valence-electron chi connectivity index (χ1n) is 8.64. The molecule has 0 spiro atoms. The molecule has 1 amide bonds. The number of thioether (sulfide) groups is 1. The van der Waals surface area contributed by atoms with E-state index in [0.717, 1.165) is 37.4 Å². The second-order valence-corrected chi connectivity index (χ2v) is 8.40. The van der Waals surface area contributed by atoms with Crippen LogP contribution in [0, 0.1) is 0 Å². The molecule has 0 saturated carbocycles. The van der Waals surface area contributed by atoms with Crippen molar-refractivity contribution in [2.24, 2.45) is 0 Å². The molecule has 4 nitrogen and oxygen atoms in total. The number of nitrogens with zero attached hydrogens (tertiary/aromatic N) is 1. The Kier molecular flexibility index (Phi) is 6.93. The Hall–Kier alpha value is -1.34. The summed E-state index contributed by atoms with van der Waals surface area (Å²) in [5.41, 5.74) is 0.703. The van der Waals surface area contributed by atoms with E-state index in [1.807, 2.05) is 24.3 Å². The molecule has 25 heavy (non-hydrogen) atoms. The van der Waals surface area contributed by atoms with Crippen LogP contribution in [-0.2, 0) is 6.54 Å². The average molecular weight is 377 g/mol. The van der Waals surface area contributed by atoms with Gasteiger partial charge in [-0.2, -0.15) is 0 Å². The molecular weight excluding hydrogens is 352 g/mol. The molecule has 134 valence electrons. The third-order valence-electron chi connectivity index (χ3n) is 4.36. The molecule has 2 N–H and O–H groups in total. The van der Waals surface area contributed by atoms with E-state index in [4.69, 9.17) is 5.11 Å². The zero-order valence-electron chi connectivity index (χ0n) is 14.2. The second kappa shape index (κ2) is 9.38. The molecule has 1 aliphatic rings. The Labute approximate surface area is 157 Å². The quantitative estimate of drug-likeness (QED) is 0.729. The Morgan fingerprint density at radius 2 is 2.00 bits per heavy atom. The maximum Gasteiger partial charge on any atom is 0.251 e. The molecule has 1 aliphatic heterocycles. The first-order valence-corrected chi connectivity index (χ1v) is 10.5. The van der Waals surface area contributed by atoms with Crippen molar-refractivity contribution in [1.82, 2.24) is 10.2 Å². The molecule has 0 bridgehead atoms. The summed E-state index contributed by atoms with van der Waals surface area (Å²) in [6.07, 6.45) is 2.00. The molecule has 0 unspecified atom stereocenters. The summed E-state index contributed by atoms with van der Waals surface area (Å²) in [7, 11) is 0. The second-order valence-electron chi connectivity index (χ2n) is 6.20. The van der Waals surface area contributed by atoms with E-state index in [1.54, 1.807) is 23.1 Å². The Bertz CT molecular complexity index is 651. The normalized spacial score (nSPS) is 16.0. The molecule has 0 atom stereocenters. The number of amides is 1. The number of carbonyl (C=O) groups excluding carboxylic acids is 1. The smallest absolute Gasteiger partial charge is 0.251 e. The van der Waals surface area contributed by atoms with Gasteiger partial charge in [0.1, 0.15) is 0 Å². The van der Waals surface area contributed by atoms with Gasteiger partial charge >= 0.3 is 0 Å². The molecule has 1 aromatic carbocycles. The predicted molar refractivity (Wildman–Crippen MR) is 104 cm³/mol. The van der Waals surface area contributed by atoms with Crippen LogP contribution in [0.15, 0.2) is 46.7 Å². The van der Waals surface area contributed by atoms with Gasteiger partial charge in [-0.05, 0) is 48.6 Å². The molecule has 1 aromatic heterocycles. The van der Waals surface area contributed by atoms with E-state index in [-0.39, 0.29) is 18.6 Å². The highest BCUT2D eigenvalue weighted by atomic mass is 32.2. The van der Waals surface area contributed by atoms with Crippen molar-refractivity contribution < 1.29 is 9.90 Å². The molecular formula is C19H24N2O2S2. The summed E-state index contributed by atoms with van der Waals surface area (Å²) in [4.78, 5) is 17.3. The SMILES string of the molecule is O=C(NC1CCN(Cc2cccs2)CC1)c1ccc(SCCO)cc1. The van der Waals surface area contributed by atoms with Crippen LogP contribution in [0.3, 0.4) is 0 Å². The lowest BCUT2D eigenvalue weighted by Gasteiger charge is -2.32. The van der Waals surface area contributed by atoms with Gasteiger partial charge in [-0.25, -0.2) is 0 Å². The fourth-order valence-corrected chi connectivity index (χ4v) is 4.39. The van der Waals surface area contributed by atoms with Crippen molar-refractivity contribution in [3.05, 3.63) is 52.2 Å². The van der Waals surface area contributed by atoms with Crippen molar-refractivity contribution in [3.8, 4) is 0 Å². The van der Waals surface area contributed by atoms with Crippen LogP contribution in [0.1, 0.15) is 28.1 Å². The number of aliphatic hydroxyl groups is 1. The van der Waals surface area contributed by atoms with Crippen molar-refractivity contribution in [2.75, 3.05) is 25.4 Å². The number of thiophene rings is 1. The highest BCUT2D eigenvalue weighted by Gasteiger charge is 2.21. The zero-order chi connectivity index (χ0) is 17.5. The van der Waals surface area contributed by atoms with Gasteiger partial charge in [-0.3, -0.25) is 9.69 Å². The Morgan fingerprint density at radius 1 is 1.24 bits per heavy atom. The first-order chi connectivity index (χ1) is 12.2. The summed E-state index contributed by atoms with van der Waals surface area (Å²) in [6, 6.07) is 12.1. The molecule has 2 aromatic rings. The number of hydrogen-bond donors (Lipinski definition) is 2. The third-order valence-corrected chi connectivity index (χ3v) is 6.21. The lowest BCUT2D eigenvalue weighted by molar-refractivity contribution is 0.0909. The van der Waals surface area contributed by atoms with Crippen molar-refractivity contribution >= 4 is 29.0 Å². The maximum absolute atomic E-state index is 12.4. The van der Waals surface area contributed by atoms with Gasteiger partial charge in [-0.1, -0.05) is 6.07 Å². The van der Waals surface area contributed by atoms with E-state index < -0.39 is 0 Å². The monoisotopic (exact) mass is 376 g/mol. The number of likely N-dealkylation sites (tertiary alicyclic amines) is 1. The van der Waals surface area contributed by atoms with Gasteiger partial charge in [0, 0.05) is 46.8 Å². The largest absolute Gasteiger partial charge is 0.396 e. The summed E-state index contributed by atoms with van der Waals surface area (Å²) in [5, 5.41) is 14.1. The zero-order valence-corrected chi connectivity index (χ0v) is 15.8.